The molecule has 0 aliphatic carbocycles. The minimum atomic E-state index is 0.143. The highest BCUT2D eigenvalue weighted by Gasteiger charge is 2.40. The largest absolute Gasteiger partial charge is 0.355 e. The standard InChI is InChI=1S/C22H27N3O/c1-22(2)16-25(15-19(22)17-8-4-3-5-9-17)20-14-18(10-11-23-20)21(26)24-12-6-7-13-24/h3-5,8-11,14,19H,6-7,12-13,15-16H2,1-2H3/t19-/m0/s1. The number of likely N-dealkylation sites (tertiary alicyclic amines) is 1. The van der Waals surface area contributed by atoms with Crippen LogP contribution in [0.5, 0.6) is 0 Å². The van der Waals surface area contributed by atoms with Crippen LogP contribution in [0.15, 0.2) is 48.7 Å². The van der Waals surface area contributed by atoms with E-state index in [4.69, 9.17) is 0 Å². The average molecular weight is 349 g/mol. The summed E-state index contributed by atoms with van der Waals surface area (Å²) in [7, 11) is 0. The van der Waals surface area contributed by atoms with Gasteiger partial charge < -0.3 is 9.80 Å². The van der Waals surface area contributed by atoms with Gasteiger partial charge in [-0.05, 0) is 36.0 Å². The summed E-state index contributed by atoms with van der Waals surface area (Å²) in [6.07, 6.45) is 4.01. The first-order valence-corrected chi connectivity index (χ1v) is 9.60. The van der Waals surface area contributed by atoms with Crippen molar-refractivity contribution in [2.45, 2.75) is 32.6 Å². The molecule has 0 N–H and O–H groups in total. The fourth-order valence-corrected chi connectivity index (χ4v) is 4.38. The SMILES string of the molecule is CC1(C)CN(c2cc(C(=O)N3CCCC3)ccn2)C[C@H]1c1ccccc1. The summed E-state index contributed by atoms with van der Waals surface area (Å²) >= 11 is 0. The van der Waals surface area contributed by atoms with E-state index in [9.17, 15) is 4.79 Å². The van der Waals surface area contributed by atoms with Crippen LogP contribution in [-0.2, 0) is 0 Å². The fraction of sp³-hybridized carbons (Fsp3) is 0.455. The predicted octanol–water partition coefficient (Wildman–Crippen LogP) is 3.95. The third kappa shape index (κ3) is 3.20. The first kappa shape index (κ1) is 17.1. The van der Waals surface area contributed by atoms with Crippen LogP contribution in [0.4, 0.5) is 5.82 Å². The molecule has 2 aliphatic heterocycles. The van der Waals surface area contributed by atoms with Crippen LogP contribution >= 0.6 is 0 Å². The summed E-state index contributed by atoms with van der Waals surface area (Å²) < 4.78 is 0. The first-order chi connectivity index (χ1) is 12.5. The molecule has 0 radical (unpaired) electrons. The Hall–Kier alpha value is -2.36. The molecule has 1 amide bonds. The van der Waals surface area contributed by atoms with E-state index >= 15 is 0 Å². The number of benzene rings is 1. The highest BCUT2D eigenvalue weighted by Crippen LogP contribution is 2.43. The van der Waals surface area contributed by atoms with Crippen LogP contribution in [-0.4, -0.2) is 42.0 Å². The summed E-state index contributed by atoms with van der Waals surface area (Å²) in [6.45, 7) is 8.28. The van der Waals surface area contributed by atoms with Gasteiger partial charge in [-0.3, -0.25) is 4.79 Å². The molecule has 2 saturated heterocycles. The van der Waals surface area contributed by atoms with E-state index < -0.39 is 0 Å². The van der Waals surface area contributed by atoms with E-state index in [2.05, 4.69) is 54.1 Å². The second-order valence-corrected chi connectivity index (χ2v) is 8.23. The minimum absolute atomic E-state index is 0.143. The van der Waals surface area contributed by atoms with Crippen molar-refractivity contribution in [2.75, 3.05) is 31.1 Å². The van der Waals surface area contributed by atoms with Crippen molar-refractivity contribution in [3.63, 3.8) is 0 Å². The number of rotatable bonds is 3. The van der Waals surface area contributed by atoms with E-state index in [1.807, 2.05) is 17.0 Å². The maximum absolute atomic E-state index is 12.7. The lowest BCUT2D eigenvalue weighted by Crippen LogP contribution is -2.28. The molecule has 2 fully saturated rings. The van der Waals surface area contributed by atoms with Crippen molar-refractivity contribution in [1.82, 2.24) is 9.88 Å². The predicted molar refractivity (Wildman–Crippen MR) is 105 cm³/mol. The molecular weight excluding hydrogens is 322 g/mol. The normalized spacial score (nSPS) is 22.0. The third-order valence-electron chi connectivity index (χ3n) is 5.86. The fourth-order valence-electron chi connectivity index (χ4n) is 4.38. The molecule has 2 aliphatic rings. The number of hydrogen-bond donors (Lipinski definition) is 0. The highest BCUT2D eigenvalue weighted by atomic mass is 16.2. The van der Waals surface area contributed by atoms with Crippen LogP contribution in [0.1, 0.15) is 48.5 Å². The van der Waals surface area contributed by atoms with Gasteiger partial charge in [0.1, 0.15) is 5.82 Å². The number of aromatic nitrogens is 1. The number of anilines is 1. The Labute approximate surface area is 155 Å². The molecule has 0 bridgehead atoms. The molecule has 0 spiro atoms. The number of amides is 1. The Kier molecular flexibility index (Phi) is 4.43. The highest BCUT2D eigenvalue weighted by molar-refractivity contribution is 5.95. The lowest BCUT2D eigenvalue weighted by Gasteiger charge is -2.25. The third-order valence-corrected chi connectivity index (χ3v) is 5.86. The molecule has 4 rings (SSSR count). The summed E-state index contributed by atoms with van der Waals surface area (Å²) in [5.74, 6) is 1.52. The molecule has 4 nitrogen and oxygen atoms in total. The number of nitrogens with zero attached hydrogens (tertiary/aromatic N) is 3. The molecule has 0 unspecified atom stereocenters. The van der Waals surface area contributed by atoms with Crippen LogP contribution < -0.4 is 4.90 Å². The maximum Gasteiger partial charge on any atom is 0.254 e. The van der Waals surface area contributed by atoms with Gasteiger partial charge in [-0.2, -0.15) is 0 Å². The van der Waals surface area contributed by atoms with Crippen molar-refractivity contribution >= 4 is 11.7 Å². The molecule has 2 aromatic rings. The first-order valence-electron chi connectivity index (χ1n) is 9.60. The van der Waals surface area contributed by atoms with Gasteiger partial charge in [0.15, 0.2) is 0 Å². The van der Waals surface area contributed by atoms with Crippen molar-refractivity contribution < 1.29 is 4.79 Å². The van der Waals surface area contributed by atoms with Crippen molar-refractivity contribution in [3.05, 3.63) is 59.8 Å². The Morgan fingerprint density at radius 3 is 2.58 bits per heavy atom. The Morgan fingerprint density at radius 1 is 1.12 bits per heavy atom. The van der Waals surface area contributed by atoms with E-state index in [-0.39, 0.29) is 11.3 Å². The average Bonchev–Trinajstić information content (AvgIpc) is 3.29. The van der Waals surface area contributed by atoms with Gasteiger partial charge in [-0.25, -0.2) is 4.98 Å². The van der Waals surface area contributed by atoms with Crippen molar-refractivity contribution in [2.24, 2.45) is 5.41 Å². The van der Waals surface area contributed by atoms with Crippen LogP contribution in [0.2, 0.25) is 0 Å². The van der Waals surface area contributed by atoms with Crippen LogP contribution in [0, 0.1) is 5.41 Å². The minimum Gasteiger partial charge on any atom is -0.355 e. The van der Waals surface area contributed by atoms with Crippen LogP contribution in [0.25, 0.3) is 0 Å². The molecule has 1 atom stereocenters. The van der Waals surface area contributed by atoms with Gasteiger partial charge in [0.2, 0.25) is 0 Å². The van der Waals surface area contributed by atoms with E-state index in [0.717, 1.165) is 50.4 Å². The van der Waals surface area contributed by atoms with Gasteiger partial charge in [0.05, 0.1) is 0 Å². The summed E-state index contributed by atoms with van der Waals surface area (Å²) in [5, 5.41) is 0. The Morgan fingerprint density at radius 2 is 1.85 bits per heavy atom. The molecule has 26 heavy (non-hydrogen) atoms. The zero-order chi connectivity index (χ0) is 18.1. The topological polar surface area (TPSA) is 36.4 Å². The van der Waals surface area contributed by atoms with Gasteiger partial charge in [-0.15, -0.1) is 0 Å². The Balaban J connectivity index is 1.56. The lowest BCUT2D eigenvalue weighted by atomic mass is 9.78. The zero-order valence-electron chi connectivity index (χ0n) is 15.7. The summed E-state index contributed by atoms with van der Waals surface area (Å²) in [5.41, 5.74) is 2.31. The van der Waals surface area contributed by atoms with E-state index in [1.54, 1.807) is 6.20 Å². The monoisotopic (exact) mass is 349 g/mol. The van der Waals surface area contributed by atoms with Gasteiger partial charge in [0.25, 0.3) is 5.91 Å². The number of hydrogen-bond acceptors (Lipinski definition) is 3. The molecule has 3 heterocycles. The molecule has 1 aromatic heterocycles. The number of carbonyl (C=O) groups is 1. The van der Waals surface area contributed by atoms with Crippen molar-refractivity contribution in [3.8, 4) is 0 Å². The van der Waals surface area contributed by atoms with Gasteiger partial charge >= 0.3 is 0 Å². The molecular formula is C22H27N3O. The van der Waals surface area contributed by atoms with Gasteiger partial charge in [-0.1, -0.05) is 44.2 Å². The number of pyridine rings is 1. The van der Waals surface area contributed by atoms with E-state index in [1.165, 1.54) is 5.56 Å². The second kappa shape index (κ2) is 6.75. The maximum atomic E-state index is 12.7. The van der Waals surface area contributed by atoms with E-state index in [0.29, 0.717) is 5.92 Å². The summed E-state index contributed by atoms with van der Waals surface area (Å²) in [6, 6.07) is 14.6. The smallest absolute Gasteiger partial charge is 0.254 e. The molecule has 4 heteroatoms. The second-order valence-electron chi connectivity index (χ2n) is 8.23. The lowest BCUT2D eigenvalue weighted by molar-refractivity contribution is 0.0792. The van der Waals surface area contributed by atoms with Crippen molar-refractivity contribution in [1.29, 1.82) is 0 Å². The number of carbonyl (C=O) groups excluding carboxylic acids is 1. The molecule has 1 aromatic carbocycles. The molecule has 136 valence electrons. The molecule has 0 saturated carbocycles. The van der Waals surface area contributed by atoms with Crippen LogP contribution in [0.3, 0.4) is 0 Å². The Bertz CT molecular complexity index is 781. The van der Waals surface area contributed by atoms with Gasteiger partial charge in [0, 0.05) is 43.9 Å². The summed E-state index contributed by atoms with van der Waals surface area (Å²) in [4.78, 5) is 21.6. The quantitative estimate of drug-likeness (QED) is 0.842. The zero-order valence-corrected chi connectivity index (χ0v) is 15.7.